The van der Waals surface area contributed by atoms with Gasteiger partial charge in [-0.15, -0.1) is 0 Å². The van der Waals surface area contributed by atoms with E-state index in [4.69, 9.17) is 0 Å². The molecule has 0 aromatic heterocycles. The molecule has 0 atom stereocenters. The van der Waals surface area contributed by atoms with Crippen LogP contribution in [0, 0.1) is 10.8 Å². The smallest absolute Gasteiger partial charge is 0.154 e. The third kappa shape index (κ3) is 4.02. The van der Waals surface area contributed by atoms with Crippen LogP contribution in [0.2, 0.25) is 0 Å². The highest BCUT2D eigenvalue weighted by Crippen LogP contribution is 2.44. The maximum absolute atomic E-state index is 12.1. The van der Waals surface area contributed by atoms with Gasteiger partial charge in [-0.3, -0.25) is 19.2 Å². The number of carbonyl (C=O) groups excluding carboxylic acids is 4. The summed E-state index contributed by atoms with van der Waals surface area (Å²) in [5.74, 6) is -0.353. The van der Waals surface area contributed by atoms with Gasteiger partial charge in [-0.2, -0.15) is 0 Å². The van der Waals surface area contributed by atoms with Gasteiger partial charge in [0.05, 0.1) is 0 Å². The van der Waals surface area contributed by atoms with Crippen molar-refractivity contribution in [3.05, 3.63) is 0 Å². The third-order valence-electron chi connectivity index (χ3n) is 4.03. The van der Waals surface area contributed by atoms with Crippen molar-refractivity contribution in [1.29, 1.82) is 0 Å². The predicted molar refractivity (Wildman–Crippen MR) is 88.8 cm³/mol. The number of Topliss-reactive ketones (excluding diaryl/α,β-unsaturated/α-hetero) is 4. The van der Waals surface area contributed by atoms with Gasteiger partial charge in [-0.05, 0) is 10.8 Å². The summed E-state index contributed by atoms with van der Waals surface area (Å²) in [4.78, 5) is 48.5. The van der Waals surface area contributed by atoms with Crippen molar-refractivity contribution < 1.29 is 19.2 Å². The second kappa shape index (κ2) is 6.11. The molecule has 22 heavy (non-hydrogen) atoms. The Morgan fingerprint density at radius 2 is 0.864 bits per heavy atom. The minimum Gasteiger partial charge on any atom is -0.298 e. The Labute approximate surface area is 138 Å². The van der Waals surface area contributed by atoms with Gasteiger partial charge in [-0.25, -0.2) is 0 Å². The van der Waals surface area contributed by atoms with E-state index in [1.54, 1.807) is 0 Å². The molecule has 0 unspecified atom stereocenters. The van der Waals surface area contributed by atoms with Gasteiger partial charge >= 0.3 is 0 Å². The van der Waals surface area contributed by atoms with Crippen molar-refractivity contribution >= 4 is 44.7 Å². The van der Waals surface area contributed by atoms with Crippen molar-refractivity contribution in [3.63, 3.8) is 0 Å². The zero-order valence-electron chi connectivity index (χ0n) is 13.4. The maximum Gasteiger partial charge on any atom is 0.154 e. The monoisotopic (exact) mass is 342 g/mol. The van der Waals surface area contributed by atoms with Crippen molar-refractivity contribution in [3.8, 4) is 0 Å². The second-order valence-electron chi connectivity index (χ2n) is 7.85. The molecule has 2 aliphatic carbocycles. The predicted octanol–water partition coefficient (Wildman–Crippen LogP) is 3.02. The largest absolute Gasteiger partial charge is 0.298 e. The zero-order chi connectivity index (χ0) is 16.7. The second-order valence-corrected chi connectivity index (χ2v) is 10.3. The Balaban J connectivity index is 1.98. The first-order valence-electron chi connectivity index (χ1n) is 7.44. The van der Waals surface area contributed by atoms with Crippen molar-refractivity contribution in [2.75, 3.05) is 0 Å². The molecule has 0 bridgehead atoms. The van der Waals surface area contributed by atoms with Crippen LogP contribution in [-0.2, 0) is 19.2 Å². The summed E-state index contributed by atoms with van der Waals surface area (Å²) in [6, 6.07) is 0. The van der Waals surface area contributed by atoms with Gasteiger partial charge in [0.25, 0.3) is 0 Å². The topological polar surface area (TPSA) is 68.3 Å². The number of rotatable bonds is 3. The Morgan fingerprint density at radius 1 is 0.636 bits per heavy atom. The highest BCUT2D eigenvalue weighted by atomic mass is 33.1. The maximum atomic E-state index is 12.1. The fourth-order valence-corrected chi connectivity index (χ4v) is 6.01. The van der Waals surface area contributed by atoms with Crippen molar-refractivity contribution in [1.82, 2.24) is 0 Å². The standard InChI is InChI=1S/C16H22O4S2/c1-15(2)5-9(17)13(10(18)6-15)21-22-14-11(19)7-16(3,4)8-12(14)20/h13-14H,5-8H2,1-4H3. The van der Waals surface area contributed by atoms with Gasteiger partial charge in [0.15, 0.2) is 23.1 Å². The summed E-state index contributed by atoms with van der Waals surface area (Å²) in [6.07, 6.45) is 1.49. The van der Waals surface area contributed by atoms with Gasteiger partial charge in [0.2, 0.25) is 0 Å². The van der Waals surface area contributed by atoms with Gasteiger partial charge in [-0.1, -0.05) is 49.3 Å². The molecule has 122 valence electrons. The van der Waals surface area contributed by atoms with Crippen LogP contribution in [0.3, 0.4) is 0 Å². The number of hydrogen-bond donors (Lipinski definition) is 0. The summed E-state index contributed by atoms with van der Waals surface area (Å²) >= 11 is 0. The van der Waals surface area contributed by atoms with E-state index < -0.39 is 10.5 Å². The molecule has 2 saturated carbocycles. The summed E-state index contributed by atoms with van der Waals surface area (Å²) in [5, 5.41) is -1.46. The molecule has 0 heterocycles. The van der Waals surface area contributed by atoms with E-state index in [9.17, 15) is 19.2 Å². The molecule has 6 heteroatoms. The summed E-state index contributed by atoms with van der Waals surface area (Å²) < 4.78 is 0. The molecule has 2 aliphatic rings. The molecule has 0 amide bonds. The molecule has 0 saturated heterocycles. The first-order valence-corrected chi connectivity index (χ1v) is 9.71. The highest BCUT2D eigenvalue weighted by molar-refractivity contribution is 8.77. The van der Waals surface area contributed by atoms with Crippen molar-refractivity contribution in [2.45, 2.75) is 63.9 Å². The van der Waals surface area contributed by atoms with Crippen LogP contribution in [0.15, 0.2) is 0 Å². The average Bonchev–Trinajstić information content (AvgIpc) is 2.27. The molecule has 0 spiro atoms. The zero-order valence-corrected chi connectivity index (χ0v) is 15.1. The number of ketones is 4. The first-order chi connectivity index (χ1) is 10.0. The van der Waals surface area contributed by atoms with Gasteiger partial charge in [0.1, 0.15) is 10.5 Å². The fraction of sp³-hybridized carbons (Fsp3) is 0.750. The van der Waals surface area contributed by atoms with Gasteiger partial charge in [0, 0.05) is 25.7 Å². The number of carbonyl (C=O) groups is 4. The molecule has 2 fully saturated rings. The van der Waals surface area contributed by atoms with Crippen LogP contribution >= 0.6 is 21.6 Å². The average molecular weight is 342 g/mol. The van der Waals surface area contributed by atoms with E-state index in [1.165, 1.54) is 0 Å². The first kappa shape index (κ1) is 17.7. The van der Waals surface area contributed by atoms with Crippen molar-refractivity contribution in [2.24, 2.45) is 10.8 Å². The molecule has 4 nitrogen and oxygen atoms in total. The normalized spacial score (nSPS) is 26.5. The Bertz CT molecular complexity index is 448. The number of hydrogen-bond acceptors (Lipinski definition) is 6. The quantitative estimate of drug-likeness (QED) is 0.580. The van der Waals surface area contributed by atoms with Crippen LogP contribution in [0.5, 0.6) is 0 Å². The van der Waals surface area contributed by atoms with Crippen LogP contribution in [0.4, 0.5) is 0 Å². The SMILES string of the molecule is CC1(C)CC(=O)C(SSC2C(=O)CC(C)(C)CC2=O)C(=O)C1. The minimum atomic E-state index is -0.728. The fourth-order valence-electron chi connectivity index (χ4n) is 3.07. The summed E-state index contributed by atoms with van der Waals surface area (Å²) in [5.41, 5.74) is -0.563. The van der Waals surface area contributed by atoms with Crippen LogP contribution in [0.25, 0.3) is 0 Å². The molecule has 0 aromatic rings. The van der Waals surface area contributed by atoms with Crippen LogP contribution < -0.4 is 0 Å². The summed E-state index contributed by atoms with van der Waals surface area (Å²) in [7, 11) is 2.21. The van der Waals surface area contributed by atoms with E-state index in [0.29, 0.717) is 25.7 Å². The van der Waals surface area contributed by atoms with Crippen LogP contribution in [-0.4, -0.2) is 33.6 Å². The van der Waals surface area contributed by atoms with E-state index in [-0.39, 0.29) is 34.0 Å². The lowest BCUT2D eigenvalue weighted by Gasteiger charge is -2.33. The third-order valence-corrected chi connectivity index (χ3v) is 7.06. The Kier molecular flexibility index (Phi) is 4.93. The van der Waals surface area contributed by atoms with E-state index in [1.807, 2.05) is 27.7 Å². The Hall–Kier alpha value is -0.620. The van der Waals surface area contributed by atoms with Crippen LogP contribution in [0.1, 0.15) is 53.4 Å². The minimum absolute atomic E-state index is 0.0882. The lowest BCUT2D eigenvalue weighted by Crippen LogP contribution is -2.41. The molecule has 2 rings (SSSR count). The molecule has 0 aromatic carbocycles. The highest BCUT2D eigenvalue weighted by Gasteiger charge is 2.43. The molecular formula is C16H22O4S2. The summed E-state index contributed by atoms with van der Waals surface area (Å²) in [6.45, 7) is 7.64. The molecule has 0 radical (unpaired) electrons. The molecule has 0 N–H and O–H groups in total. The lowest BCUT2D eigenvalue weighted by atomic mass is 9.76. The van der Waals surface area contributed by atoms with E-state index in [0.717, 1.165) is 21.6 Å². The van der Waals surface area contributed by atoms with E-state index >= 15 is 0 Å². The lowest BCUT2D eigenvalue weighted by molar-refractivity contribution is -0.134. The molecular weight excluding hydrogens is 320 g/mol. The van der Waals surface area contributed by atoms with E-state index in [2.05, 4.69) is 0 Å². The Morgan fingerprint density at radius 3 is 1.09 bits per heavy atom. The molecule has 0 aliphatic heterocycles. The van der Waals surface area contributed by atoms with Gasteiger partial charge < -0.3 is 0 Å².